The van der Waals surface area contributed by atoms with Gasteiger partial charge in [0.05, 0.1) is 4.47 Å². The summed E-state index contributed by atoms with van der Waals surface area (Å²) in [6.07, 6.45) is 0. The van der Waals surface area contributed by atoms with Gasteiger partial charge in [-0.3, -0.25) is 0 Å². The SMILES string of the molecule is Brc1c2ccccc2cc2c1oc1ccccc12.O[B]Oc1cccc2c(-c3cccc(-c4ccc5ccccc5c4)c3)c3ccccc3cc12.c1cc(-c2ccc3ccccc3c2)cc(-c2c3ccccc3c(-c3c4ccccc4cc4c3oc3ccccc34)c3ccccc23)c1. The Hall–Kier alpha value is -12.1. The molecule has 20 aromatic rings. The second-order valence-corrected chi connectivity index (χ2v) is 25.8. The molecular formula is C92H57BBrO4. The smallest absolute Gasteiger partial charge is 0.537 e. The van der Waals surface area contributed by atoms with Crippen LogP contribution in [-0.4, -0.2) is 12.7 Å². The van der Waals surface area contributed by atoms with Gasteiger partial charge in [0.25, 0.3) is 0 Å². The number of hydrogen-bond donors (Lipinski definition) is 1. The Balaban J connectivity index is 0.000000118. The van der Waals surface area contributed by atoms with Crippen molar-refractivity contribution in [3.8, 4) is 61.4 Å². The summed E-state index contributed by atoms with van der Waals surface area (Å²) >= 11 is 3.67. The van der Waals surface area contributed by atoms with Gasteiger partial charge in [-0.1, -0.05) is 279 Å². The lowest BCUT2D eigenvalue weighted by molar-refractivity contribution is 0.457. The normalized spacial score (nSPS) is 11.6. The van der Waals surface area contributed by atoms with E-state index in [-0.39, 0.29) is 0 Å². The van der Waals surface area contributed by atoms with Gasteiger partial charge < -0.3 is 18.5 Å². The van der Waals surface area contributed by atoms with Crippen LogP contribution in [0.4, 0.5) is 0 Å². The highest BCUT2D eigenvalue weighted by Crippen LogP contribution is 2.50. The first kappa shape index (κ1) is 58.5. The summed E-state index contributed by atoms with van der Waals surface area (Å²) < 4.78 is 19.2. The highest BCUT2D eigenvalue weighted by atomic mass is 79.9. The number of fused-ring (bicyclic) bond motifs is 14. The highest BCUT2D eigenvalue weighted by molar-refractivity contribution is 9.10. The van der Waals surface area contributed by atoms with E-state index >= 15 is 0 Å². The minimum atomic E-state index is 0.632. The van der Waals surface area contributed by atoms with Crippen molar-refractivity contribution in [2.75, 3.05) is 0 Å². The summed E-state index contributed by atoms with van der Waals surface area (Å²) in [6.45, 7) is 0. The molecule has 1 radical (unpaired) electrons. The van der Waals surface area contributed by atoms with E-state index in [4.69, 9.17) is 13.5 Å². The quantitative estimate of drug-likeness (QED) is 0.128. The summed E-state index contributed by atoms with van der Waals surface area (Å²) in [7, 11) is 0.740. The van der Waals surface area contributed by atoms with E-state index in [0.717, 1.165) is 83.5 Å². The molecule has 4 nitrogen and oxygen atoms in total. The number of para-hydroxylation sites is 2. The largest absolute Gasteiger partial charge is 0.569 e. The topological polar surface area (TPSA) is 55.7 Å². The summed E-state index contributed by atoms with van der Waals surface area (Å²) in [6, 6.07) is 120. The van der Waals surface area contributed by atoms with Gasteiger partial charge in [0.1, 0.15) is 28.1 Å². The molecular weight excluding hydrogens is 1260 g/mol. The molecule has 0 bridgehead atoms. The summed E-state index contributed by atoms with van der Waals surface area (Å²) in [5, 5.41) is 33.0. The maximum absolute atomic E-state index is 9.27. The van der Waals surface area contributed by atoms with E-state index < -0.39 is 0 Å². The molecule has 6 heteroatoms. The van der Waals surface area contributed by atoms with Gasteiger partial charge >= 0.3 is 7.69 Å². The fourth-order valence-corrected chi connectivity index (χ4v) is 15.6. The molecule has 1 N–H and O–H groups in total. The van der Waals surface area contributed by atoms with E-state index in [0.29, 0.717) is 5.75 Å². The lowest BCUT2D eigenvalue weighted by atomic mass is 9.83. The molecule has 0 saturated heterocycles. The first-order valence-corrected chi connectivity index (χ1v) is 33.8. The molecule has 0 spiro atoms. The van der Waals surface area contributed by atoms with Crippen LogP contribution in [-0.2, 0) is 0 Å². The van der Waals surface area contributed by atoms with Gasteiger partial charge in [0.15, 0.2) is 0 Å². The summed E-state index contributed by atoms with van der Waals surface area (Å²) in [4.78, 5) is 0. The average molecular weight is 1320 g/mol. The van der Waals surface area contributed by atoms with Crippen LogP contribution in [0, 0.1) is 0 Å². The fraction of sp³-hybridized carbons (Fsp3) is 0. The van der Waals surface area contributed by atoms with E-state index in [1.165, 1.54) is 114 Å². The van der Waals surface area contributed by atoms with Crippen LogP contribution in [0.25, 0.3) is 186 Å². The van der Waals surface area contributed by atoms with Gasteiger partial charge in [-0.25, -0.2) is 0 Å². The molecule has 0 aliphatic rings. The summed E-state index contributed by atoms with van der Waals surface area (Å²) in [5.41, 5.74) is 15.6. The van der Waals surface area contributed by atoms with Crippen molar-refractivity contribution in [2.45, 2.75) is 0 Å². The molecule has 0 saturated carbocycles. The third-order valence-electron chi connectivity index (χ3n) is 19.4. The van der Waals surface area contributed by atoms with Crippen molar-refractivity contribution in [2.24, 2.45) is 0 Å². The average Bonchev–Trinajstić information content (AvgIpc) is 1.31. The molecule has 2 aromatic heterocycles. The van der Waals surface area contributed by atoms with Gasteiger partial charge in [0, 0.05) is 38.1 Å². The monoisotopic (exact) mass is 1320 g/mol. The lowest BCUT2D eigenvalue weighted by Crippen LogP contribution is -2.00. The fourth-order valence-electron chi connectivity index (χ4n) is 14.9. The number of hydrogen-bond acceptors (Lipinski definition) is 4. The molecule has 0 aliphatic heterocycles. The van der Waals surface area contributed by atoms with Gasteiger partial charge in [0.2, 0.25) is 0 Å². The Morgan fingerprint density at radius 1 is 0.235 bits per heavy atom. The predicted octanol–water partition coefficient (Wildman–Crippen LogP) is 26.1. The standard InChI is InChI=1S/C46H28O.C30H20BO2.C16H9BrO/c1-2-13-30-26-32(25-24-29(30)12-1)31-15-11-16-34(27-31)43-37-19-5-7-21-39(37)44(40-22-8-6-20-38(40)43)45-35-17-4-3-14-33(35)28-41-36-18-9-10-23-42(36)47-46(41)45;32-31-33-29-14-6-13-27-28(29)19-24-9-3-4-12-26(24)30(27)25-11-5-10-22(18-25)23-16-15-20-7-1-2-8-21(20)17-23;17-15-11-6-2-1-5-10(11)9-13-12-7-3-4-8-14(12)18-16(13)15/h1-28H;1-19,32H;1-9H. The Labute approximate surface area is 573 Å². The molecule has 0 fully saturated rings. The van der Waals surface area contributed by atoms with Crippen LogP contribution >= 0.6 is 15.9 Å². The van der Waals surface area contributed by atoms with Crippen molar-refractivity contribution >= 4 is 154 Å². The van der Waals surface area contributed by atoms with Gasteiger partial charge in [-0.2, -0.15) is 0 Å². The van der Waals surface area contributed by atoms with Crippen molar-refractivity contribution in [3.05, 3.63) is 344 Å². The van der Waals surface area contributed by atoms with Crippen molar-refractivity contribution < 1.29 is 18.5 Å². The molecule has 0 aliphatic carbocycles. The zero-order valence-corrected chi connectivity index (χ0v) is 54.5. The molecule has 20 rings (SSSR count). The van der Waals surface area contributed by atoms with Crippen LogP contribution in [0.5, 0.6) is 5.75 Å². The van der Waals surface area contributed by atoms with E-state index in [2.05, 4.69) is 313 Å². The zero-order chi connectivity index (χ0) is 65.2. The predicted molar refractivity (Wildman–Crippen MR) is 417 cm³/mol. The van der Waals surface area contributed by atoms with E-state index in [1.807, 2.05) is 42.5 Å². The number of furan rings is 2. The van der Waals surface area contributed by atoms with Gasteiger partial charge in [-0.05, 0) is 202 Å². The first-order chi connectivity index (χ1) is 48.5. The third-order valence-corrected chi connectivity index (χ3v) is 20.2. The highest BCUT2D eigenvalue weighted by Gasteiger charge is 2.24. The van der Waals surface area contributed by atoms with Crippen LogP contribution in [0.1, 0.15) is 0 Å². The molecule has 98 heavy (non-hydrogen) atoms. The molecule has 0 atom stereocenters. The molecule has 18 aromatic carbocycles. The molecule has 2 heterocycles. The maximum Gasteiger partial charge on any atom is 0.569 e. The number of rotatable bonds is 7. The van der Waals surface area contributed by atoms with E-state index in [9.17, 15) is 5.02 Å². The molecule has 0 amide bonds. The van der Waals surface area contributed by atoms with Crippen LogP contribution < -0.4 is 4.65 Å². The zero-order valence-electron chi connectivity index (χ0n) is 53.0. The lowest BCUT2D eigenvalue weighted by Gasteiger charge is -2.19. The molecule has 0 unspecified atom stereocenters. The minimum Gasteiger partial charge on any atom is -0.537 e. The molecule has 459 valence electrons. The maximum atomic E-state index is 9.27. The van der Waals surface area contributed by atoms with Crippen molar-refractivity contribution in [3.63, 3.8) is 0 Å². The number of benzene rings is 18. The minimum absolute atomic E-state index is 0.632. The third kappa shape index (κ3) is 10.2. The second-order valence-electron chi connectivity index (χ2n) is 25.0. The van der Waals surface area contributed by atoms with Crippen molar-refractivity contribution in [1.82, 2.24) is 0 Å². The Kier molecular flexibility index (Phi) is 14.7. The Bertz CT molecular complexity index is 6500. The second kappa shape index (κ2) is 24.6. The number of halogens is 1. The summed E-state index contributed by atoms with van der Waals surface area (Å²) in [5.74, 6) is 0.632. The van der Waals surface area contributed by atoms with Crippen LogP contribution in [0.2, 0.25) is 0 Å². The van der Waals surface area contributed by atoms with Crippen molar-refractivity contribution in [1.29, 1.82) is 0 Å². The Morgan fingerprint density at radius 3 is 1.11 bits per heavy atom. The van der Waals surface area contributed by atoms with Gasteiger partial charge in [-0.15, -0.1) is 0 Å². The first-order valence-electron chi connectivity index (χ1n) is 33.0. The van der Waals surface area contributed by atoms with E-state index in [1.54, 1.807) is 0 Å². The van der Waals surface area contributed by atoms with Crippen LogP contribution in [0.15, 0.2) is 353 Å². The van der Waals surface area contributed by atoms with Crippen LogP contribution in [0.3, 0.4) is 0 Å². The Morgan fingerprint density at radius 2 is 0.582 bits per heavy atom.